The van der Waals surface area contributed by atoms with Crippen molar-refractivity contribution in [3.05, 3.63) is 84.2 Å². The summed E-state index contributed by atoms with van der Waals surface area (Å²) in [5.74, 6) is -0.833. The van der Waals surface area contributed by atoms with Crippen LogP contribution in [-0.2, 0) is 4.79 Å². The summed E-state index contributed by atoms with van der Waals surface area (Å²) in [5.41, 5.74) is 2.94. The first-order chi connectivity index (χ1) is 11.1. The smallest absolute Gasteiger partial charge is 0.321 e. The first kappa shape index (κ1) is 15.4. The molecule has 0 amide bonds. The van der Waals surface area contributed by atoms with Crippen molar-refractivity contribution in [3.8, 4) is 5.69 Å². The van der Waals surface area contributed by atoms with E-state index < -0.39 is 11.2 Å². The van der Waals surface area contributed by atoms with Gasteiger partial charge in [0.1, 0.15) is 5.25 Å². The fourth-order valence-corrected chi connectivity index (χ4v) is 3.52. The Balaban J connectivity index is 2.00. The molecule has 3 rings (SSSR count). The molecule has 0 spiro atoms. The van der Waals surface area contributed by atoms with E-state index in [2.05, 4.69) is 6.07 Å². The van der Waals surface area contributed by atoms with E-state index in [1.165, 1.54) is 11.8 Å². The van der Waals surface area contributed by atoms with Crippen LogP contribution in [0.25, 0.3) is 5.69 Å². The minimum atomic E-state index is -0.833. The standard InChI is InChI=1S/C19H17NO2S/c1-14-9-10-17(16(13-14)20-11-5-6-12-20)23-18(19(21)22)15-7-3-2-4-8-15/h2-13,18H,1H3,(H,21,22)/t18-/m0/s1. The zero-order valence-corrected chi connectivity index (χ0v) is 13.5. The number of carboxylic acids is 1. The van der Waals surface area contributed by atoms with Crippen molar-refractivity contribution in [2.24, 2.45) is 0 Å². The van der Waals surface area contributed by atoms with Gasteiger partial charge in [-0.15, -0.1) is 11.8 Å². The van der Waals surface area contributed by atoms with Gasteiger partial charge in [-0.2, -0.15) is 0 Å². The Labute approximate surface area is 139 Å². The summed E-state index contributed by atoms with van der Waals surface area (Å²) >= 11 is 1.36. The van der Waals surface area contributed by atoms with Gasteiger partial charge in [-0.3, -0.25) is 4.79 Å². The first-order valence-corrected chi connectivity index (χ1v) is 8.21. The van der Waals surface area contributed by atoms with E-state index >= 15 is 0 Å². The Morgan fingerprint density at radius 2 is 1.74 bits per heavy atom. The molecular weight excluding hydrogens is 306 g/mol. The van der Waals surface area contributed by atoms with Crippen molar-refractivity contribution in [1.29, 1.82) is 0 Å². The van der Waals surface area contributed by atoms with Gasteiger partial charge in [-0.1, -0.05) is 36.4 Å². The molecule has 0 aliphatic carbocycles. The average Bonchev–Trinajstić information content (AvgIpc) is 3.08. The van der Waals surface area contributed by atoms with Crippen LogP contribution in [0.5, 0.6) is 0 Å². The fourth-order valence-electron chi connectivity index (χ4n) is 2.44. The zero-order valence-electron chi connectivity index (χ0n) is 12.7. The van der Waals surface area contributed by atoms with Crippen LogP contribution in [0.15, 0.2) is 78.0 Å². The summed E-state index contributed by atoms with van der Waals surface area (Å²) in [6.07, 6.45) is 3.94. The molecule has 4 heteroatoms. The van der Waals surface area contributed by atoms with Gasteiger partial charge in [-0.05, 0) is 42.3 Å². The van der Waals surface area contributed by atoms with Crippen LogP contribution in [0.3, 0.4) is 0 Å². The van der Waals surface area contributed by atoms with Crippen LogP contribution < -0.4 is 0 Å². The Morgan fingerprint density at radius 3 is 2.39 bits per heavy atom. The van der Waals surface area contributed by atoms with E-state index in [4.69, 9.17) is 0 Å². The van der Waals surface area contributed by atoms with E-state index in [9.17, 15) is 9.90 Å². The van der Waals surface area contributed by atoms with Gasteiger partial charge in [0.25, 0.3) is 0 Å². The monoisotopic (exact) mass is 323 g/mol. The van der Waals surface area contributed by atoms with E-state index in [-0.39, 0.29) is 0 Å². The van der Waals surface area contributed by atoms with E-state index in [1.807, 2.05) is 78.5 Å². The largest absolute Gasteiger partial charge is 0.480 e. The number of carboxylic acid groups (broad SMARTS) is 1. The van der Waals surface area contributed by atoms with Crippen LogP contribution >= 0.6 is 11.8 Å². The molecule has 0 saturated heterocycles. The maximum Gasteiger partial charge on any atom is 0.321 e. The van der Waals surface area contributed by atoms with E-state index in [0.29, 0.717) is 0 Å². The lowest BCUT2D eigenvalue weighted by molar-refractivity contribution is -0.136. The SMILES string of the molecule is Cc1ccc(S[C@H](C(=O)O)c2ccccc2)c(-n2cccc2)c1. The highest BCUT2D eigenvalue weighted by Crippen LogP contribution is 2.38. The molecule has 23 heavy (non-hydrogen) atoms. The van der Waals surface area contributed by atoms with Crippen molar-refractivity contribution < 1.29 is 9.90 Å². The molecule has 0 aliphatic rings. The number of aromatic nitrogens is 1. The Hall–Kier alpha value is -2.46. The lowest BCUT2D eigenvalue weighted by Crippen LogP contribution is -2.08. The highest BCUT2D eigenvalue weighted by atomic mass is 32.2. The number of nitrogens with zero attached hydrogens (tertiary/aromatic N) is 1. The molecule has 0 fully saturated rings. The molecular formula is C19H17NO2S. The maximum atomic E-state index is 11.7. The Kier molecular flexibility index (Phi) is 4.53. The number of rotatable bonds is 5. The number of aliphatic carboxylic acids is 1. The summed E-state index contributed by atoms with van der Waals surface area (Å²) < 4.78 is 2.01. The molecule has 0 radical (unpaired) electrons. The molecule has 1 N–H and O–H groups in total. The summed E-state index contributed by atoms with van der Waals surface area (Å²) in [4.78, 5) is 12.7. The summed E-state index contributed by atoms with van der Waals surface area (Å²) in [7, 11) is 0. The number of aryl methyl sites for hydroxylation is 1. The molecule has 3 nitrogen and oxygen atoms in total. The lowest BCUT2D eigenvalue weighted by atomic mass is 10.1. The van der Waals surface area contributed by atoms with Crippen LogP contribution in [0, 0.1) is 6.92 Å². The normalized spacial score (nSPS) is 12.0. The van der Waals surface area contributed by atoms with Crippen molar-refractivity contribution in [3.63, 3.8) is 0 Å². The van der Waals surface area contributed by atoms with E-state index in [1.54, 1.807) is 0 Å². The molecule has 116 valence electrons. The Morgan fingerprint density at radius 1 is 1.04 bits per heavy atom. The summed E-state index contributed by atoms with van der Waals surface area (Å²) in [5, 5.41) is 9.01. The van der Waals surface area contributed by atoms with Crippen molar-refractivity contribution in [1.82, 2.24) is 4.57 Å². The first-order valence-electron chi connectivity index (χ1n) is 7.33. The molecule has 0 aliphatic heterocycles. The third-order valence-electron chi connectivity index (χ3n) is 3.57. The van der Waals surface area contributed by atoms with Crippen molar-refractivity contribution in [2.75, 3.05) is 0 Å². The maximum absolute atomic E-state index is 11.7. The van der Waals surface area contributed by atoms with Gasteiger partial charge in [0.15, 0.2) is 0 Å². The predicted octanol–water partition coefficient (Wildman–Crippen LogP) is 4.70. The van der Waals surface area contributed by atoms with Gasteiger partial charge < -0.3 is 9.67 Å². The molecule has 3 aromatic rings. The van der Waals surface area contributed by atoms with Crippen LogP contribution in [0.4, 0.5) is 0 Å². The average molecular weight is 323 g/mol. The highest BCUT2D eigenvalue weighted by molar-refractivity contribution is 8.00. The zero-order chi connectivity index (χ0) is 16.2. The summed E-state index contributed by atoms with van der Waals surface area (Å²) in [6, 6.07) is 19.3. The molecule has 1 atom stereocenters. The van der Waals surface area contributed by atoms with Crippen LogP contribution in [0.2, 0.25) is 0 Å². The quantitative estimate of drug-likeness (QED) is 0.692. The number of carbonyl (C=O) groups is 1. The van der Waals surface area contributed by atoms with Crippen molar-refractivity contribution in [2.45, 2.75) is 17.1 Å². The number of benzene rings is 2. The fraction of sp³-hybridized carbons (Fsp3) is 0.105. The number of thioether (sulfide) groups is 1. The lowest BCUT2D eigenvalue weighted by Gasteiger charge is -2.16. The molecule has 0 saturated carbocycles. The second kappa shape index (κ2) is 6.75. The number of hydrogen-bond acceptors (Lipinski definition) is 2. The third kappa shape index (κ3) is 3.48. The van der Waals surface area contributed by atoms with Gasteiger partial charge in [0.05, 0.1) is 5.69 Å². The molecule has 2 aromatic carbocycles. The van der Waals surface area contributed by atoms with Gasteiger partial charge >= 0.3 is 5.97 Å². The third-order valence-corrected chi connectivity index (χ3v) is 4.88. The van der Waals surface area contributed by atoms with Crippen molar-refractivity contribution >= 4 is 17.7 Å². The van der Waals surface area contributed by atoms with Crippen LogP contribution in [-0.4, -0.2) is 15.6 Å². The van der Waals surface area contributed by atoms with Gasteiger partial charge in [0, 0.05) is 17.3 Å². The molecule has 0 bridgehead atoms. The molecule has 1 heterocycles. The topological polar surface area (TPSA) is 42.2 Å². The second-order valence-electron chi connectivity index (χ2n) is 5.31. The van der Waals surface area contributed by atoms with Gasteiger partial charge in [0.2, 0.25) is 0 Å². The predicted molar refractivity (Wildman–Crippen MR) is 93.2 cm³/mol. The molecule has 0 unspecified atom stereocenters. The Bertz CT molecular complexity index is 798. The van der Waals surface area contributed by atoms with E-state index in [0.717, 1.165) is 21.7 Å². The minimum Gasteiger partial charge on any atom is -0.480 e. The summed E-state index contributed by atoms with van der Waals surface area (Å²) in [6.45, 7) is 2.04. The van der Waals surface area contributed by atoms with Crippen LogP contribution in [0.1, 0.15) is 16.4 Å². The van der Waals surface area contributed by atoms with Gasteiger partial charge in [-0.25, -0.2) is 0 Å². The highest BCUT2D eigenvalue weighted by Gasteiger charge is 2.22. The second-order valence-corrected chi connectivity index (χ2v) is 6.46. The minimum absolute atomic E-state index is 0.631. The number of hydrogen-bond donors (Lipinski definition) is 1. The molecule has 1 aromatic heterocycles.